The fourth-order valence-corrected chi connectivity index (χ4v) is 4.96. The molecular weight excluding hydrogens is 494 g/mol. The summed E-state index contributed by atoms with van der Waals surface area (Å²) in [5, 5.41) is 19.8. The molecule has 37 heavy (non-hydrogen) atoms. The van der Waals surface area contributed by atoms with Crippen LogP contribution in [-0.4, -0.2) is 37.3 Å². The Morgan fingerprint density at radius 2 is 1.84 bits per heavy atom. The van der Waals surface area contributed by atoms with Crippen LogP contribution in [0.5, 0.6) is 5.75 Å². The summed E-state index contributed by atoms with van der Waals surface area (Å²) in [6.45, 7) is 0.244. The first-order valence-corrected chi connectivity index (χ1v) is 13.2. The zero-order valence-corrected chi connectivity index (χ0v) is 20.7. The zero-order valence-electron chi connectivity index (χ0n) is 19.9. The van der Waals surface area contributed by atoms with Gasteiger partial charge in [-0.15, -0.1) is 0 Å². The van der Waals surface area contributed by atoms with E-state index in [9.17, 15) is 18.3 Å². The minimum absolute atomic E-state index is 0.0135. The largest absolute Gasteiger partial charge is 0.493 e. The maximum Gasteiger partial charge on any atom is 0.303 e. The first-order chi connectivity index (χ1) is 17.8. The summed E-state index contributed by atoms with van der Waals surface area (Å²) >= 11 is 0. The van der Waals surface area contributed by atoms with Crippen molar-refractivity contribution in [2.24, 2.45) is 0 Å². The molecule has 0 saturated carbocycles. The third-order valence-corrected chi connectivity index (χ3v) is 7.04. The standard InChI is InChI=1S/C28H27NO7S/c30-23(16-17-35-25-10-3-1-7-21(25)13-15-28(31)32)14-12-20-6-5-8-22(18-20)29-37(33,34)27-19-36-26-11-4-2-9-24(26)27/h1-12,14,18-19,23,29-30H,13,15-17H2,(H,31,32)/b14-12+/t23-/m0/s1. The lowest BCUT2D eigenvalue weighted by Crippen LogP contribution is -2.12. The normalized spacial score (nSPS) is 12.6. The predicted octanol–water partition coefficient (Wildman–Crippen LogP) is 5.09. The SMILES string of the molecule is O=C(O)CCc1ccccc1OCC[C@@H](O)/C=C/c1cccc(NS(=O)(=O)c2coc3ccccc23)c1. The quantitative estimate of drug-likeness (QED) is 0.237. The molecule has 0 aliphatic heterocycles. The summed E-state index contributed by atoms with van der Waals surface area (Å²) < 4.78 is 39.5. The Morgan fingerprint density at radius 1 is 1.05 bits per heavy atom. The summed E-state index contributed by atoms with van der Waals surface area (Å²) in [6.07, 6.45) is 4.45. The first-order valence-electron chi connectivity index (χ1n) is 11.7. The fraction of sp³-hybridized carbons (Fsp3) is 0.179. The van der Waals surface area contributed by atoms with Crippen LogP contribution in [0.1, 0.15) is 24.0 Å². The zero-order chi connectivity index (χ0) is 26.3. The number of aliphatic hydroxyl groups excluding tert-OH is 1. The van der Waals surface area contributed by atoms with Crippen molar-refractivity contribution in [2.75, 3.05) is 11.3 Å². The van der Waals surface area contributed by atoms with Crippen molar-refractivity contribution in [3.63, 3.8) is 0 Å². The Hall–Kier alpha value is -4.08. The molecule has 8 nitrogen and oxygen atoms in total. The molecule has 192 valence electrons. The summed E-state index contributed by atoms with van der Waals surface area (Å²) in [4.78, 5) is 10.9. The first kappa shape index (κ1) is 26.0. The van der Waals surface area contributed by atoms with E-state index in [2.05, 4.69) is 4.72 Å². The van der Waals surface area contributed by atoms with E-state index in [0.29, 0.717) is 40.8 Å². The molecule has 0 aliphatic rings. The molecule has 0 radical (unpaired) electrons. The molecule has 0 amide bonds. The summed E-state index contributed by atoms with van der Waals surface area (Å²) in [6, 6.07) is 21.0. The smallest absolute Gasteiger partial charge is 0.303 e. The predicted molar refractivity (Wildman–Crippen MR) is 141 cm³/mol. The number of aliphatic hydroxyl groups is 1. The number of rotatable bonds is 12. The number of aliphatic carboxylic acids is 1. The molecule has 0 bridgehead atoms. The van der Waals surface area contributed by atoms with Crippen LogP contribution in [0.15, 0.2) is 94.4 Å². The van der Waals surface area contributed by atoms with Gasteiger partial charge in [0.15, 0.2) is 0 Å². The summed E-state index contributed by atoms with van der Waals surface area (Å²) in [7, 11) is -3.86. The molecule has 0 aliphatic carbocycles. The lowest BCUT2D eigenvalue weighted by atomic mass is 10.1. The van der Waals surface area contributed by atoms with Gasteiger partial charge < -0.3 is 19.4 Å². The van der Waals surface area contributed by atoms with Crippen molar-refractivity contribution in [3.8, 4) is 5.75 Å². The molecule has 1 aromatic heterocycles. The average molecular weight is 522 g/mol. The number of hydrogen-bond acceptors (Lipinski definition) is 6. The van der Waals surface area contributed by atoms with Crippen LogP contribution >= 0.6 is 0 Å². The Bertz CT molecular complexity index is 1510. The number of fused-ring (bicyclic) bond motifs is 1. The number of carboxylic acid groups (broad SMARTS) is 1. The van der Waals surface area contributed by atoms with E-state index in [1.165, 1.54) is 6.26 Å². The number of aryl methyl sites for hydroxylation is 1. The van der Waals surface area contributed by atoms with E-state index in [0.717, 1.165) is 5.56 Å². The van der Waals surface area contributed by atoms with Crippen molar-refractivity contribution in [2.45, 2.75) is 30.3 Å². The highest BCUT2D eigenvalue weighted by molar-refractivity contribution is 7.93. The third-order valence-electron chi connectivity index (χ3n) is 5.64. The highest BCUT2D eigenvalue weighted by Crippen LogP contribution is 2.27. The number of nitrogens with one attached hydrogen (secondary N) is 1. The second kappa shape index (κ2) is 11.8. The Labute approximate surface area is 214 Å². The monoisotopic (exact) mass is 521 g/mol. The van der Waals surface area contributed by atoms with Gasteiger partial charge in [0.1, 0.15) is 22.5 Å². The summed E-state index contributed by atoms with van der Waals surface area (Å²) in [5.41, 5.74) is 2.37. The Kier molecular flexibility index (Phi) is 8.27. The van der Waals surface area contributed by atoms with Gasteiger partial charge in [0.2, 0.25) is 0 Å². The number of carboxylic acids is 1. The molecule has 1 heterocycles. The van der Waals surface area contributed by atoms with E-state index < -0.39 is 22.1 Å². The molecule has 3 N–H and O–H groups in total. The average Bonchev–Trinajstić information content (AvgIpc) is 3.32. The van der Waals surface area contributed by atoms with Gasteiger partial charge in [0.25, 0.3) is 10.0 Å². The number of carbonyl (C=O) groups is 1. The minimum atomic E-state index is -3.86. The van der Waals surface area contributed by atoms with Crippen molar-refractivity contribution in [1.82, 2.24) is 0 Å². The number of sulfonamides is 1. The van der Waals surface area contributed by atoms with Gasteiger partial charge in [0.05, 0.1) is 12.7 Å². The van der Waals surface area contributed by atoms with Crippen LogP contribution in [0.4, 0.5) is 5.69 Å². The fourth-order valence-electron chi connectivity index (χ4n) is 3.78. The molecule has 0 spiro atoms. The Balaban J connectivity index is 1.34. The van der Waals surface area contributed by atoms with Crippen LogP contribution in [-0.2, 0) is 21.2 Å². The topological polar surface area (TPSA) is 126 Å². The van der Waals surface area contributed by atoms with Gasteiger partial charge in [-0.3, -0.25) is 9.52 Å². The lowest BCUT2D eigenvalue weighted by molar-refractivity contribution is -0.136. The molecule has 3 aromatic carbocycles. The van der Waals surface area contributed by atoms with E-state index in [1.54, 1.807) is 66.7 Å². The second-order valence-corrected chi connectivity index (χ2v) is 10.0. The molecule has 1 atom stereocenters. The third kappa shape index (κ3) is 6.99. The molecular formula is C28H27NO7S. The van der Waals surface area contributed by atoms with E-state index >= 15 is 0 Å². The number of anilines is 1. The molecule has 4 rings (SSSR count). The number of benzene rings is 3. The summed E-state index contributed by atoms with van der Waals surface area (Å²) in [5.74, 6) is -0.271. The maximum absolute atomic E-state index is 12.9. The van der Waals surface area contributed by atoms with Gasteiger partial charge >= 0.3 is 5.97 Å². The van der Waals surface area contributed by atoms with Crippen LogP contribution in [0.2, 0.25) is 0 Å². The highest BCUT2D eigenvalue weighted by atomic mass is 32.2. The van der Waals surface area contributed by atoms with Crippen LogP contribution < -0.4 is 9.46 Å². The molecule has 4 aromatic rings. The van der Waals surface area contributed by atoms with Crippen LogP contribution in [0.3, 0.4) is 0 Å². The Morgan fingerprint density at radius 3 is 2.68 bits per heavy atom. The number of furan rings is 1. The minimum Gasteiger partial charge on any atom is -0.493 e. The van der Waals surface area contributed by atoms with E-state index in [1.807, 2.05) is 18.2 Å². The molecule has 0 saturated heterocycles. The highest BCUT2D eigenvalue weighted by Gasteiger charge is 2.20. The number of para-hydroxylation sites is 2. The lowest BCUT2D eigenvalue weighted by Gasteiger charge is -2.12. The maximum atomic E-state index is 12.9. The van der Waals surface area contributed by atoms with E-state index in [4.69, 9.17) is 14.3 Å². The van der Waals surface area contributed by atoms with Gasteiger partial charge in [-0.05, 0) is 47.9 Å². The van der Waals surface area contributed by atoms with Crippen LogP contribution in [0.25, 0.3) is 17.0 Å². The van der Waals surface area contributed by atoms with E-state index in [-0.39, 0.29) is 17.9 Å². The number of hydrogen-bond donors (Lipinski definition) is 3. The van der Waals surface area contributed by atoms with Crippen LogP contribution in [0, 0.1) is 0 Å². The number of ether oxygens (including phenoxy) is 1. The van der Waals surface area contributed by atoms with Gasteiger partial charge in [-0.25, -0.2) is 8.42 Å². The van der Waals surface area contributed by atoms with Crippen molar-refractivity contribution < 1.29 is 32.6 Å². The van der Waals surface area contributed by atoms with Gasteiger partial charge in [-0.1, -0.05) is 54.6 Å². The van der Waals surface area contributed by atoms with Gasteiger partial charge in [0, 0.05) is 23.9 Å². The molecule has 0 fully saturated rings. The molecule has 9 heteroatoms. The van der Waals surface area contributed by atoms with Gasteiger partial charge in [-0.2, -0.15) is 0 Å². The van der Waals surface area contributed by atoms with Crippen molar-refractivity contribution >= 4 is 38.7 Å². The second-order valence-electron chi connectivity index (χ2n) is 8.39. The van der Waals surface area contributed by atoms with Crippen molar-refractivity contribution in [3.05, 3.63) is 96.3 Å². The molecule has 0 unspecified atom stereocenters. The van der Waals surface area contributed by atoms with Crippen molar-refractivity contribution in [1.29, 1.82) is 0 Å².